The first-order valence-electron chi connectivity index (χ1n) is 6.79. The smallest absolute Gasteiger partial charge is 0.253 e. The Morgan fingerprint density at radius 3 is 2.39 bits per heavy atom. The highest BCUT2D eigenvalue weighted by Crippen LogP contribution is 2.30. The first-order chi connectivity index (χ1) is 8.86. The number of rotatable bonds is 3. The molecule has 4 nitrogen and oxygen atoms in total. The maximum Gasteiger partial charge on any atom is 0.253 e. The van der Waals surface area contributed by atoms with Crippen molar-refractivity contribution in [1.82, 2.24) is 10.2 Å². The van der Waals surface area contributed by atoms with Crippen molar-refractivity contribution in [3.05, 3.63) is 34.7 Å². The molecule has 2 N–H and O–H groups in total. The molecule has 3 rings (SSSR count). The summed E-state index contributed by atoms with van der Waals surface area (Å²) in [5, 5.41) is 5.33. The molecular weight excluding hydrogens is 226 g/mol. The lowest BCUT2D eigenvalue weighted by atomic mass is 9.88. The second-order valence-corrected chi connectivity index (χ2v) is 5.36. The summed E-state index contributed by atoms with van der Waals surface area (Å²) in [6.07, 6.45) is 2.57. The Kier molecular flexibility index (Phi) is 3.39. The van der Waals surface area contributed by atoms with Gasteiger partial charge in [-0.15, -0.1) is 0 Å². The van der Waals surface area contributed by atoms with Gasteiger partial charge in [-0.25, -0.2) is 0 Å². The van der Waals surface area contributed by atoms with Crippen molar-refractivity contribution in [3.63, 3.8) is 0 Å². The number of hydrogen-bond donors (Lipinski definition) is 2. The average molecular weight is 246 g/mol. The van der Waals surface area contributed by atoms with E-state index in [0.29, 0.717) is 11.6 Å². The molecule has 2 aliphatic rings. The molecular formula is C14H20N3O+. The molecule has 0 unspecified atom stereocenters. The molecule has 2 heterocycles. The zero-order valence-electron chi connectivity index (χ0n) is 10.6. The third-order valence-corrected chi connectivity index (χ3v) is 4.23. The number of nitrogens with one attached hydrogen (secondary N) is 2. The molecule has 2 aliphatic heterocycles. The molecule has 0 radical (unpaired) electrons. The largest absolute Gasteiger partial charge is 0.317 e. The zero-order valence-corrected chi connectivity index (χ0v) is 10.6. The van der Waals surface area contributed by atoms with Crippen LogP contribution in [0.25, 0.3) is 0 Å². The molecule has 1 aromatic carbocycles. The van der Waals surface area contributed by atoms with Crippen LogP contribution in [0.3, 0.4) is 0 Å². The van der Waals surface area contributed by atoms with Crippen LogP contribution in [-0.4, -0.2) is 37.1 Å². The summed E-state index contributed by atoms with van der Waals surface area (Å²) < 4.78 is 0. The van der Waals surface area contributed by atoms with Crippen LogP contribution in [-0.2, 0) is 0 Å². The van der Waals surface area contributed by atoms with Gasteiger partial charge in [-0.2, -0.15) is 0 Å². The highest BCUT2D eigenvalue weighted by molar-refractivity contribution is 5.34. The van der Waals surface area contributed by atoms with Crippen LogP contribution in [0, 0.1) is 4.91 Å². The predicted octanol–water partition coefficient (Wildman–Crippen LogP) is 0.316. The quantitative estimate of drug-likeness (QED) is 0.807. The first kappa shape index (κ1) is 11.8. The zero-order chi connectivity index (χ0) is 12.4. The molecule has 1 aromatic rings. The summed E-state index contributed by atoms with van der Waals surface area (Å²) in [7, 11) is 0. The molecule has 2 saturated heterocycles. The van der Waals surface area contributed by atoms with Gasteiger partial charge in [-0.05, 0) is 31.5 Å². The van der Waals surface area contributed by atoms with Gasteiger partial charge < -0.3 is 5.32 Å². The Labute approximate surface area is 107 Å². The number of likely N-dealkylation sites (tertiary alicyclic amines) is 1. The summed E-state index contributed by atoms with van der Waals surface area (Å²) in [4.78, 5) is 13.1. The SMILES string of the molecule is O=[NH+]c1ccc(C2CN(C3CCNCC3)C2)cc1. The lowest BCUT2D eigenvalue weighted by Gasteiger charge is -2.46. The van der Waals surface area contributed by atoms with Gasteiger partial charge in [-0.1, -0.05) is 12.1 Å². The number of nitroso groups, excluding NO2 is 1. The number of benzene rings is 1. The lowest BCUT2D eigenvalue weighted by Crippen LogP contribution is -2.55. The van der Waals surface area contributed by atoms with Crippen LogP contribution in [0.1, 0.15) is 24.3 Å². The third kappa shape index (κ3) is 2.31. The monoisotopic (exact) mass is 246 g/mol. The van der Waals surface area contributed by atoms with E-state index in [1.165, 1.54) is 31.5 Å². The third-order valence-electron chi connectivity index (χ3n) is 4.23. The Hall–Kier alpha value is -1.26. The van der Waals surface area contributed by atoms with Crippen molar-refractivity contribution in [1.29, 1.82) is 0 Å². The number of piperidine rings is 1. The molecule has 4 heteroatoms. The average Bonchev–Trinajstić information content (AvgIpc) is 2.39. The molecule has 0 amide bonds. The van der Waals surface area contributed by atoms with E-state index in [1.807, 2.05) is 17.3 Å². The van der Waals surface area contributed by atoms with E-state index >= 15 is 0 Å². The van der Waals surface area contributed by atoms with Crippen LogP contribution in [0.2, 0.25) is 0 Å². The van der Waals surface area contributed by atoms with Crippen molar-refractivity contribution >= 4 is 5.69 Å². The molecule has 0 atom stereocenters. The van der Waals surface area contributed by atoms with Crippen LogP contribution < -0.4 is 10.5 Å². The summed E-state index contributed by atoms with van der Waals surface area (Å²) in [5.41, 5.74) is 2.01. The van der Waals surface area contributed by atoms with Crippen molar-refractivity contribution < 1.29 is 5.18 Å². The van der Waals surface area contributed by atoms with E-state index < -0.39 is 0 Å². The Bertz CT molecular complexity index is 406. The van der Waals surface area contributed by atoms with Crippen LogP contribution in [0.4, 0.5) is 5.69 Å². The molecule has 0 saturated carbocycles. The fourth-order valence-electron chi connectivity index (χ4n) is 3.02. The standard InChI is InChI=1S/C14H19N3O/c18-16-13-3-1-11(2-4-13)12-9-17(10-12)14-5-7-15-8-6-14/h1-4,12,14-15H,5-10H2/p+1. The van der Waals surface area contributed by atoms with E-state index in [-0.39, 0.29) is 0 Å². The number of nitrogens with zero attached hydrogens (tertiary/aromatic N) is 1. The molecule has 0 bridgehead atoms. The fraction of sp³-hybridized carbons (Fsp3) is 0.571. The molecule has 0 aliphatic carbocycles. The maximum atomic E-state index is 10.5. The summed E-state index contributed by atoms with van der Waals surface area (Å²) in [6, 6.07) is 8.67. The molecule has 18 heavy (non-hydrogen) atoms. The summed E-state index contributed by atoms with van der Waals surface area (Å²) >= 11 is 0. The van der Waals surface area contributed by atoms with E-state index in [0.717, 1.165) is 19.1 Å². The van der Waals surface area contributed by atoms with Crippen LogP contribution in [0.15, 0.2) is 24.3 Å². The van der Waals surface area contributed by atoms with Gasteiger partial charge in [0.05, 0.1) is 0 Å². The minimum Gasteiger partial charge on any atom is -0.317 e. The summed E-state index contributed by atoms with van der Waals surface area (Å²) in [6.45, 7) is 4.68. The topological polar surface area (TPSA) is 46.3 Å². The highest BCUT2D eigenvalue weighted by atomic mass is 16.3. The molecule has 0 spiro atoms. The van der Waals surface area contributed by atoms with Crippen molar-refractivity contribution in [2.24, 2.45) is 0 Å². The van der Waals surface area contributed by atoms with Gasteiger partial charge in [0.15, 0.2) is 0 Å². The van der Waals surface area contributed by atoms with Gasteiger partial charge in [-0.3, -0.25) is 4.90 Å². The van der Waals surface area contributed by atoms with Crippen molar-refractivity contribution in [2.45, 2.75) is 24.8 Å². The maximum absolute atomic E-state index is 10.5. The van der Waals surface area contributed by atoms with E-state index in [9.17, 15) is 4.91 Å². The Balaban J connectivity index is 1.55. The minimum absolute atomic E-state index is 0.647. The summed E-state index contributed by atoms with van der Waals surface area (Å²) in [5.74, 6) is 0.653. The van der Waals surface area contributed by atoms with Gasteiger partial charge in [0.2, 0.25) is 0 Å². The van der Waals surface area contributed by atoms with Crippen molar-refractivity contribution in [3.8, 4) is 0 Å². The first-order valence-corrected chi connectivity index (χ1v) is 6.79. The molecule has 2 fully saturated rings. The minimum atomic E-state index is 0.647. The second-order valence-electron chi connectivity index (χ2n) is 5.36. The van der Waals surface area contributed by atoms with E-state index in [4.69, 9.17) is 0 Å². The predicted molar refractivity (Wildman–Crippen MR) is 70.6 cm³/mol. The van der Waals surface area contributed by atoms with E-state index in [2.05, 4.69) is 22.3 Å². The van der Waals surface area contributed by atoms with E-state index in [1.54, 1.807) is 0 Å². The van der Waals surface area contributed by atoms with Gasteiger partial charge in [0.1, 0.15) is 0 Å². The fourth-order valence-corrected chi connectivity index (χ4v) is 3.02. The van der Waals surface area contributed by atoms with Crippen molar-refractivity contribution in [2.75, 3.05) is 26.2 Å². The second kappa shape index (κ2) is 5.16. The van der Waals surface area contributed by atoms with Gasteiger partial charge in [0.25, 0.3) is 5.69 Å². The molecule has 96 valence electrons. The van der Waals surface area contributed by atoms with Gasteiger partial charge in [0, 0.05) is 47.3 Å². The number of hydrogen-bond acceptors (Lipinski definition) is 3. The Morgan fingerprint density at radius 1 is 1.11 bits per heavy atom. The normalized spacial score (nSPS) is 22.7. The van der Waals surface area contributed by atoms with Crippen LogP contribution >= 0.6 is 0 Å². The van der Waals surface area contributed by atoms with Crippen LogP contribution in [0.5, 0.6) is 0 Å². The highest BCUT2D eigenvalue weighted by Gasteiger charge is 2.33. The lowest BCUT2D eigenvalue weighted by molar-refractivity contribution is -0.379. The Morgan fingerprint density at radius 2 is 1.78 bits per heavy atom. The molecule has 0 aromatic heterocycles. The van der Waals surface area contributed by atoms with Gasteiger partial charge >= 0.3 is 0 Å².